The fourth-order valence-electron chi connectivity index (χ4n) is 5.21. The molecule has 1 aliphatic heterocycles. The molecule has 2 aromatic rings. The average Bonchev–Trinajstić information content (AvgIpc) is 3.56. The highest BCUT2D eigenvalue weighted by Gasteiger charge is 2.46. The lowest BCUT2D eigenvalue weighted by atomic mass is 9.98. The Morgan fingerprint density at radius 1 is 1.03 bits per heavy atom. The van der Waals surface area contributed by atoms with E-state index in [1.165, 1.54) is 11.1 Å². The van der Waals surface area contributed by atoms with Gasteiger partial charge in [0, 0.05) is 38.0 Å². The van der Waals surface area contributed by atoms with E-state index >= 15 is 0 Å². The Morgan fingerprint density at radius 3 is 2.32 bits per heavy atom. The Morgan fingerprint density at radius 2 is 1.68 bits per heavy atom. The third-order valence-corrected chi connectivity index (χ3v) is 7.34. The van der Waals surface area contributed by atoms with Crippen molar-refractivity contribution >= 4 is 18.0 Å². The van der Waals surface area contributed by atoms with E-state index in [9.17, 15) is 19.5 Å². The molecule has 1 heterocycles. The molecule has 1 saturated carbocycles. The summed E-state index contributed by atoms with van der Waals surface area (Å²) >= 11 is 0. The van der Waals surface area contributed by atoms with E-state index in [4.69, 9.17) is 4.74 Å². The minimum absolute atomic E-state index is 0.00724. The number of nitrogens with one attached hydrogen (secondary N) is 1. The van der Waals surface area contributed by atoms with Crippen LogP contribution in [-0.2, 0) is 14.3 Å². The quantitative estimate of drug-likeness (QED) is 0.683. The zero-order chi connectivity index (χ0) is 23.8. The highest BCUT2D eigenvalue weighted by Crippen LogP contribution is 2.44. The molecule has 1 saturated heterocycles. The summed E-state index contributed by atoms with van der Waals surface area (Å²) in [6, 6.07) is 15.7. The van der Waals surface area contributed by atoms with Crippen molar-refractivity contribution in [1.29, 1.82) is 0 Å². The third-order valence-electron chi connectivity index (χ3n) is 7.34. The summed E-state index contributed by atoms with van der Waals surface area (Å²) in [4.78, 5) is 40.0. The fourth-order valence-corrected chi connectivity index (χ4v) is 5.21. The number of aliphatic carboxylic acids is 1. The number of nitrogens with zero attached hydrogens (tertiary/aromatic N) is 2. The Balaban J connectivity index is 1.10. The molecule has 2 fully saturated rings. The van der Waals surface area contributed by atoms with Crippen LogP contribution in [0, 0.1) is 11.8 Å². The highest BCUT2D eigenvalue weighted by molar-refractivity contribution is 5.83. The lowest BCUT2D eigenvalue weighted by Crippen LogP contribution is -2.56. The number of rotatable bonds is 6. The topological polar surface area (TPSA) is 99.2 Å². The van der Waals surface area contributed by atoms with Crippen molar-refractivity contribution in [1.82, 2.24) is 15.1 Å². The van der Waals surface area contributed by atoms with E-state index in [2.05, 4.69) is 29.6 Å². The van der Waals surface area contributed by atoms with E-state index < -0.39 is 18.1 Å². The number of likely N-dealkylation sites (N-methyl/N-ethyl adjacent to an activating group) is 1. The molecular formula is C26H29N3O5. The summed E-state index contributed by atoms with van der Waals surface area (Å²) in [5.41, 5.74) is 4.69. The fraction of sp³-hybridized carbons (Fsp3) is 0.423. The van der Waals surface area contributed by atoms with Gasteiger partial charge in [0.05, 0.1) is 0 Å². The summed E-state index contributed by atoms with van der Waals surface area (Å²) in [5, 5.41) is 12.2. The lowest BCUT2D eigenvalue weighted by molar-refractivity contribution is -0.148. The molecule has 3 unspecified atom stereocenters. The number of carbonyl (C=O) groups is 3. The van der Waals surface area contributed by atoms with Crippen molar-refractivity contribution in [3.05, 3.63) is 59.7 Å². The van der Waals surface area contributed by atoms with E-state index in [0.29, 0.717) is 26.1 Å². The maximum Gasteiger partial charge on any atom is 0.407 e. The number of carbonyl (C=O) groups excluding carboxylic acids is 2. The number of hydrogen-bond acceptors (Lipinski definition) is 5. The summed E-state index contributed by atoms with van der Waals surface area (Å²) in [5.74, 6) is -1.02. The Hall–Kier alpha value is -3.39. The van der Waals surface area contributed by atoms with Gasteiger partial charge in [-0.05, 0) is 41.6 Å². The normalized spacial score (nSPS) is 23.7. The molecule has 5 rings (SSSR count). The van der Waals surface area contributed by atoms with Gasteiger partial charge in [0.2, 0.25) is 5.91 Å². The second-order valence-corrected chi connectivity index (χ2v) is 9.43. The van der Waals surface area contributed by atoms with Gasteiger partial charge in [0.15, 0.2) is 0 Å². The van der Waals surface area contributed by atoms with Gasteiger partial charge in [-0.3, -0.25) is 14.5 Å². The van der Waals surface area contributed by atoms with Gasteiger partial charge in [-0.15, -0.1) is 0 Å². The first-order valence-corrected chi connectivity index (χ1v) is 11.7. The van der Waals surface area contributed by atoms with Crippen LogP contribution in [0.2, 0.25) is 0 Å². The first-order valence-electron chi connectivity index (χ1n) is 11.7. The molecule has 8 heteroatoms. The molecular weight excluding hydrogens is 434 g/mol. The summed E-state index contributed by atoms with van der Waals surface area (Å²) < 4.78 is 5.57. The van der Waals surface area contributed by atoms with E-state index in [1.54, 1.807) is 16.8 Å². The largest absolute Gasteiger partial charge is 0.480 e. The first-order chi connectivity index (χ1) is 16.4. The monoisotopic (exact) mass is 463 g/mol. The highest BCUT2D eigenvalue weighted by atomic mass is 16.5. The molecule has 0 spiro atoms. The molecule has 3 aliphatic rings. The number of benzene rings is 2. The molecule has 3 atom stereocenters. The number of hydrogen-bond donors (Lipinski definition) is 2. The molecule has 2 aliphatic carbocycles. The Bertz CT molecular complexity index is 1070. The molecule has 34 heavy (non-hydrogen) atoms. The van der Waals surface area contributed by atoms with Crippen molar-refractivity contribution < 1.29 is 24.2 Å². The van der Waals surface area contributed by atoms with Gasteiger partial charge in [0.1, 0.15) is 12.6 Å². The predicted molar refractivity (Wildman–Crippen MR) is 125 cm³/mol. The molecule has 178 valence electrons. The average molecular weight is 464 g/mol. The molecule has 2 N–H and O–H groups in total. The zero-order valence-corrected chi connectivity index (χ0v) is 19.1. The van der Waals surface area contributed by atoms with Crippen LogP contribution in [0.5, 0.6) is 0 Å². The third kappa shape index (κ3) is 4.25. The SMILES string of the molecule is CN1CCN(C(=O)C2CC2CNC(=O)OCC2c3ccccc3-c3ccccc32)CC1C(=O)O. The van der Waals surface area contributed by atoms with Gasteiger partial charge < -0.3 is 20.1 Å². The van der Waals surface area contributed by atoms with Crippen LogP contribution >= 0.6 is 0 Å². The van der Waals surface area contributed by atoms with Crippen LogP contribution in [0.25, 0.3) is 11.1 Å². The van der Waals surface area contributed by atoms with Crippen molar-refractivity contribution in [2.45, 2.75) is 18.4 Å². The summed E-state index contributed by atoms with van der Waals surface area (Å²) in [6.07, 6.45) is 0.220. The van der Waals surface area contributed by atoms with Crippen LogP contribution in [-0.4, -0.2) is 78.8 Å². The van der Waals surface area contributed by atoms with Gasteiger partial charge in [-0.25, -0.2) is 4.79 Å². The molecule has 8 nitrogen and oxygen atoms in total. The standard InChI is InChI=1S/C26H29N3O5/c1-28-10-11-29(14-23(28)25(31)32)24(30)21-12-16(21)13-27-26(33)34-15-22-19-8-4-2-6-17(19)18-7-3-5-9-20(18)22/h2-9,16,21-23H,10-15H2,1H3,(H,27,33)(H,31,32). The van der Waals surface area contributed by atoms with Gasteiger partial charge in [-0.1, -0.05) is 48.5 Å². The maximum absolute atomic E-state index is 12.8. The predicted octanol–water partition coefficient (Wildman–Crippen LogP) is 2.39. The van der Waals surface area contributed by atoms with Crippen LogP contribution in [0.15, 0.2) is 48.5 Å². The molecule has 2 aromatic carbocycles. The van der Waals surface area contributed by atoms with Crippen molar-refractivity contribution in [2.75, 3.05) is 39.8 Å². The van der Waals surface area contributed by atoms with Gasteiger partial charge in [0.25, 0.3) is 0 Å². The molecule has 0 bridgehead atoms. The Kier molecular flexibility index (Phi) is 6.00. The number of piperazine rings is 1. The van der Waals surface area contributed by atoms with Crippen LogP contribution < -0.4 is 5.32 Å². The van der Waals surface area contributed by atoms with E-state index in [-0.39, 0.29) is 36.8 Å². The summed E-state index contributed by atoms with van der Waals surface area (Å²) in [6.45, 7) is 1.90. The second kappa shape index (κ2) is 9.10. The van der Waals surface area contributed by atoms with Crippen LogP contribution in [0.3, 0.4) is 0 Å². The number of carboxylic acids is 1. The van der Waals surface area contributed by atoms with Crippen molar-refractivity contribution in [2.24, 2.45) is 11.8 Å². The first kappa shape index (κ1) is 22.4. The van der Waals surface area contributed by atoms with Crippen molar-refractivity contribution in [3.63, 3.8) is 0 Å². The molecule has 0 radical (unpaired) electrons. The zero-order valence-electron chi connectivity index (χ0n) is 19.1. The van der Waals surface area contributed by atoms with Crippen LogP contribution in [0.1, 0.15) is 23.5 Å². The smallest absolute Gasteiger partial charge is 0.407 e. The number of fused-ring (bicyclic) bond motifs is 3. The Labute approximate surface area is 198 Å². The van der Waals surface area contributed by atoms with Gasteiger partial charge in [-0.2, -0.15) is 0 Å². The number of amides is 2. The van der Waals surface area contributed by atoms with Gasteiger partial charge >= 0.3 is 12.1 Å². The van der Waals surface area contributed by atoms with E-state index in [1.807, 2.05) is 24.3 Å². The lowest BCUT2D eigenvalue weighted by Gasteiger charge is -2.37. The number of carboxylic acid groups (broad SMARTS) is 1. The van der Waals surface area contributed by atoms with Crippen molar-refractivity contribution in [3.8, 4) is 11.1 Å². The minimum atomic E-state index is -0.913. The number of alkyl carbamates (subject to hydrolysis) is 1. The van der Waals surface area contributed by atoms with E-state index in [0.717, 1.165) is 11.1 Å². The van der Waals surface area contributed by atoms with Crippen LogP contribution in [0.4, 0.5) is 4.79 Å². The maximum atomic E-state index is 12.8. The second-order valence-electron chi connectivity index (χ2n) is 9.43. The summed E-state index contributed by atoms with van der Waals surface area (Å²) in [7, 11) is 1.76. The number of ether oxygens (including phenoxy) is 1. The minimum Gasteiger partial charge on any atom is -0.480 e. The molecule has 2 amide bonds. The molecule has 0 aromatic heterocycles.